The van der Waals surface area contributed by atoms with E-state index in [2.05, 4.69) is 20.0 Å². The van der Waals surface area contributed by atoms with Crippen LogP contribution >= 0.6 is 11.6 Å². The van der Waals surface area contributed by atoms with E-state index in [1.807, 2.05) is 30.3 Å². The second-order valence-corrected chi connectivity index (χ2v) is 6.18. The summed E-state index contributed by atoms with van der Waals surface area (Å²) in [4.78, 5) is 11.3. The van der Waals surface area contributed by atoms with E-state index in [4.69, 9.17) is 16.1 Å². The van der Waals surface area contributed by atoms with Crippen molar-refractivity contribution in [3.63, 3.8) is 0 Å². The molecule has 1 saturated heterocycles. The van der Waals surface area contributed by atoms with Crippen LogP contribution in [0.1, 0.15) is 6.42 Å². The fourth-order valence-corrected chi connectivity index (χ4v) is 2.89. The molecule has 0 aliphatic carbocycles. The molecule has 24 heavy (non-hydrogen) atoms. The summed E-state index contributed by atoms with van der Waals surface area (Å²) in [6.07, 6.45) is 3.52. The normalized spacial score (nSPS) is 17.4. The molecule has 0 bridgehead atoms. The fraction of sp³-hybridized carbons (Fsp3) is 0.235. The molecule has 6 nitrogen and oxygen atoms in total. The Bertz CT molecular complexity index is 836. The molecule has 1 fully saturated rings. The van der Waals surface area contributed by atoms with Crippen molar-refractivity contribution in [2.24, 2.45) is 0 Å². The minimum absolute atomic E-state index is 0.321. The predicted octanol–water partition coefficient (Wildman–Crippen LogP) is 3.02. The highest BCUT2D eigenvalue weighted by Crippen LogP contribution is 2.28. The van der Waals surface area contributed by atoms with E-state index in [0.29, 0.717) is 23.0 Å². The summed E-state index contributed by atoms with van der Waals surface area (Å²) in [5.74, 6) is 1.32. The van der Waals surface area contributed by atoms with Gasteiger partial charge in [-0.3, -0.25) is 0 Å². The summed E-state index contributed by atoms with van der Waals surface area (Å²) in [6.45, 7) is 1.33. The topological polar surface area (TPSA) is 75.3 Å². The number of nitrogens with zero attached hydrogens (tertiary/aromatic N) is 4. The Morgan fingerprint density at radius 3 is 2.67 bits per heavy atom. The van der Waals surface area contributed by atoms with E-state index in [1.165, 1.54) is 6.26 Å². The maximum absolute atomic E-state index is 9.81. The van der Waals surface area contributed by atoms with Gasteiger partial charge in [-0.1, -0.05) is 28.9 Å². The van der Waals surface area contributed by atoms with E-state index in [0.717, 1.165) is 30.0 Å². The summed E-state index contributed by atoms with van der Waals surface area (Å²) >= 11 is 5.97. The van der Waals surface area contributed by atoms with Gasteiger partial charge < -0.3 is 14.5 Å². The highest BCUT2D eigenvalue weighted by atomic mass is 35.5. The van der Waals surface area contributed by atoms with Gasteiger partial charge in [0.25, 0.3) is 0 Å². The molecular formula is C17H15ClN4O2. The molecule has 3 heterocycles. The van der Waals surface area contributed by atoms with Gasteiger partial charge in [-0.05, 0) is 18.6 Å². The highest BCUT2D eigenvalue weighted by Gasteiger charge is 2.23. The van der Waals surface area contributed by atoms with Crippen LogP contribution in [0.5, 0.6) is 0 Å². The zero-order valence-electron chi connectivity index (χ0n) is 12.8. The van der Waals surface area contributed by atoms with E-state index >= 15 is 0 Å². The van der Waals surface area contributed by atoms with Gasteiger partial charge in [0.15, 0.2) is 5.82 Å². The number of rotatable bonds is 3. The Morgan fingerprint density at radius 2 is 2.00 bits per heavy atom. The van der Waals surface area contributed by atoms with Gasteiger partial charge in [0.2, 0.25) is 0 Å². The fourth-order valence-electron chi connectivity index (χ4n) is 2.76. The van der Waals surface area contributed by atoms with Gasteiger partial charge in [-0.2, -0.15) is 0 Å². The number of benzene rings is 1. The van der Waals surface area contributed by atoms with Crippen molar-refractivity contribution in [1.82, 2.24) is 15.1 Å². The summed E-state index contributed by atoms with van der Waals surface area (Å²) in [7, 11) is 0. The van der Waals surface area contributed by atoms with Crippen molar-refractivity contribution in [2.45, 2.75) is 12.5 Å². The molecule has 0 radical (unpaired) electrons. The lowest BCUT2D eigenvalue weighted by atomic mass is 10.1. The van der Waals surface area contributed by atoms with Gasteiger partial charge in [0.1, 0.15) is 12.1 Å². The van der Waals surface area contributed by atoms with Crippen LogP contribution in [0.15, 0.2) is 47.3 Å². The first-order valence-corrected chi connectivity index (χ1v) is 8.04. The zero-order chi connectivity index (χ0) is 16.5. The number of halogens is 1. The van der Waals surface area contributed by atoms with Crippen LogP contribution in [0, 0.1) is 0 Å². The first-order valence-electron chi connectivity index (χ1n) is 7.67. The molecule has 1 N–H and O–H groups in total. The molecule has 7 heteroatoms. The minimum Gasteiger partial charge on any atom is -0.391 e. The van der Waals surface area contributed by atoms with Crippen LogP contribution in [-0.4, -0.2) is 39.4 Å². The number of hydrogen-bond donors (Lipinski definition) is 1. The van der Waals surface area contributed by atoms with Crippen LogP contribution in [0.2, 0.25) is 5.02 Å². The summed E-state index contributed by atoms with van der Waals surface area (Å²) in [5.41, 5.74) is 2.45. The molecule has 4 rings (SSSR count). The largest absolute Gasteiger partial charge is 0.391 e. The molecule has 3 aromatic rings. The number of aliphatic hydroxyl groups excluding tert-OH is 1. The van der Waals surface area contributed by atoms with Gasteiger partial charge in [-0.15, -0.1) is 0 Å². The molecule has 0 spiro atoms. The average Bonchev–Trinajstić information content (AvgIpc) is 3.27. The number of aromatic nitrogens is 3. The van der Waals surface area contributed by atoms with Crippen LogP contribution in [0.25, 0.3) is 22.6 Å². The molecule has 1 aromatic carbocycles. The Balaban J connectivity index is 1.80. The molecule has 2 aromatic heterocycles. The molecular weight excluding hydrogens is 328 g/mol. The summed E-state index contributed by atoms with van der Waals surface area (Å²) in [6, 6.07) is 9.43. The average molecular weight is 343 g/mol. The van der Waals surface area contributed by atoms with Crippen LogP contribution in [-0.2, 0) is 0 Å². The van der Waals surface area contributed by atoms with Crippen molar-refractivity contribution in [3.05, 3.63) is 47.8 Å². The van der Waals surface area contributed by atoms with Crippen LogP contribution in [0.4, 0.5) is 5.82 Å². The summed E-state index contributed by atoms with van der Waals surface area (Å²) < 4.78 is 4.91. The smallest absolute Gasteiger partial charge is 0.167 e. The number of hydrogen-bond acceptors (Lipinski definition) is 6. The molecule has 0 amide bonds. The van der Waals surface area contributed by atoms with Crippen molar-refractivity contribution in [2.75, 3.05) is 18.0 Å². The second kappa shape index (κ2) is 6.22. The Labute approximate surface area is 143 Å². The first-order chi connectivity index (χ1) is 11.7. The monoisotopic (exact) mass is 342 g/mol. The van der Waals surface area contributed by atoms with Gasteiger partial charge in [0, 0.05) is 29.7 Å². The van der Waals surface area contributed by atoms with E-state index < -0.39 is 0 Å². The maximum Gasteiger partial charge on any atom is 0.167 e. The SMILES string of the molecule is O[C@H]1CCN(c2cc(-c3ccc(Cl)cc3)nc(-c3cnoc3)n2)C1. The third-order valence-electron chi connectivity index (χ3n) is 4.03. The zero-order valence-corrected chi connectivity index (χ0v) is 13.5. The van der Waals surface area contributed by atoms with Crippen molar-refractivity contribution >= 4 is 17.4 Å². The van der Waals surface area contributed by atoms with Crippen molar-refractivity contribution < 1.29 is 9.63 Å². The lowest BCUT2D eigenvalue weighted by Crippen LogP contribution is -2.22. The molecule has 1 aliphatic rings. The van der Waals surface area contributed by atoms with Crippen molar-refractivity contribution in [1.29, 1.82) is 0 Å². The number of aliphatic hydroxyl groups is 1. The van der Waals surface area contributed by atoms with Crippen molar-refractivity contribution in [3.8, 4) is 22.6 Å². The Hall–Kier alpha value is -2.44. The number of anilines is 1. The standard InChI is InChI=1S/C17H15ClN4O2/c18-13-3-1-11(2-4-13)15-7-16(22-6-5-14(23)9-22)21-17(20-15)12-8-19-24-10-12/h1-4,7-8,10,14,23H,5-6,9H2/t14-/m0/s1. The van der Waals surface area contributed by atoms with E-state index in [9.17, 15) is 5.11 Å². The third kappa shape index (κ3) is 2.98. The van der Waals surface area contributed by atoms with E-state index in [-0.39, 0.29) is 6.10 Å². The molecule has 1 atom stereocenters. The third-order valence-corrected chi connectivity index (χ3v) is 4.28. The lowest BCUT2D eigenvalue weighted by Gasteiger charge is -2.18. The Morgan fingerprint density at radius 1 is 1.17 bits per heavy atom. The molecule has 122 valence electrons. The second-order valence-electron chi connectivity index (χ2n) is 5.74. The van der Waals surface area contributed by atoms with E-state index in [1.54, 1.807) is 6.20 Å². The number of β-amino-alcohol motifs (C(OH)–C–C–N with tert-alkyl or cyclic N) is 1. The Kier molecular flexibility index (Phi) is 3.92. The minimum atomic E-state index is -0.321. The van der Waals surface area contributed by atoms with Gasteiger partial charge >= 0.3 is 0 Å². The molecule has 0 unspecified atom stereocenters. The summed E-state index contributed by atoms with van der Waals surface area (Å²) in [5, 5.41) is 14.2. The van der Waals surface area contributed by atoms with Gasteiger partial charge in [0.05, 0.1) is 23.6 Å². The van der Waals surface area contributed by atoms with Crippen LogP contribution in [0.3, 0.4) is 0 Å². The predicted molar refractivity (Wildman–Crippen MR) is 90.8 cm³/mol. The quantitative estimate of drug-likeness (QED) is 0.788. The van der Waals surface area contributed by atoms with Crippen LogP contribution < -0.4 is 4.90 Å². The first kappa shape index (κ1) is 15.1. The lowest BCUT2D eigenvalue weighted by molar-refractivity contribution is 0.198. The maximum atomic E-state index is 9.81. The molecule has 1 aliphatic heterocycles. The molecule has 0 saturated carbocycles. The van der Waals surface area contributed by atoms with Gasteiger partial charge in [-0.25, -0.2) is 9.97 Å². The highest BCUT2D eigenvalue weighted by molar-refractivity contribution is 6.30.